The highest BCUT2D eigenvalue weighted by Crippen LogP contribution is 2.26. The molecule has 0 atom stereocenters. The van der Waals surface area contributed by atoms with Crippen molar-refractivity contribution >= 4 is 5.97 Å². The summed E-state index contributed by atoms with van der Waals surface area (Å²) in [6.45, 7) is 3.72. The van der Waals surface area contributed by atoms with E-state index in [9.17, 15) is 9.18 Å². The Balaban J connectivity index is 1.91. The standard InChI is InChI=1S/C18H16FN3O2/c1-3-24-18(23)17-16(20-22-21-17)13-8-6-12(7-9-13)14-5-4-11(2)15(19)10-14/h4-10H,3H2,1-2H3,(H,20,21,22). The van der Waals surface area contributed by atoms with Crippen molar-refractivity contribution in [2.24, 2.45) is 0 Å². The normalized spacial score (nSPS) is 10.6. The molecule has 122 valence electrons. The van der Waals surface area contributed by atoms with Gasteiger partial charge in [-0.05, 0) is 36.6 Å². The molecule has 0 aliphatic carbocycles. The third-order valence-electron chi connectivity index (χ3n) is 3.68. The maximum atomic E-state index is 13.7. The molecule has 0 unspecified atom stereocenters. The Labute approximate surface area is 138 Å². The highest BCUT2D eigenvalue weighted by atomic mass is 19.1. The van der Waals surface area contributed by atoms with Crippen molar-refractivity contribution in [3.8, 4) is 22.4 Å². The number of ether oxygens (including phenoxy) is 1. The molecule has 0 saturated heterocycles. The Morgan fingerprint density at radius 1 is 1.08 bits per heavy atom. The Hall–Kier alpha value is -3.02. The second-order valence-corrected chi connectivity index (χ2v) is 5.28. The van der Waals surface area contributed by atoms with Gasteiger partial charge in [0, 0.05) is 5.56 Å². The summed E-state index contributed by atoms with van der Waals surface area (Å²) in [5, 5.41) is 10.3. The van der Waals surface area contributed by atoms with Gasteiger partial charge in [-0.15, -0.1) is 5.10 Å². The van der Waals surface area contributed by atoms with E-state index in [0.29, 0.717) is 11.3 Å². The maximum Gasteiger partial charge on any atom is 0.361 e. The average molecular weight is 325 g/mol. The van der Waals surface area contributed by atoms with Crippen LogP contribution in [0, 0.1) is 12.7 Å². The molecule has 0 saturated carbocycles. The molecule has 6 heteroatoms. The Bertz CT molecular complexity index is 872. The van der Waals surface area contributed by atoms with E-state index in [4.69, 9.17) is 4.74 Å². The van der Waals surface area contributed by atoms with Crippen LogP contribution in [0.15, 0.2) is 42.5 Å². The van der Waals surface area contributed by atoms with Crippen molar-refractivity contribution in [1.29, 1.82) is 0 Å². The fraction of sp³-hybridized carbons (Fsp3) is 0.167. The first-order valence-corrected chi connectivity index (χ1v) is 7.55. The summed E-state index contributed by atoms with van der Waals surface area (Å²) in [7, 11) is 0. The number of carbonyl (C=O) groups excluding carboxylic acids is 1. The molecule has 0 radical (unpaired) electrons. The van der Waals surface area contributed by atoms with Gasteiger partial charge in [-0.25, -0.2) is 9.18 Å². The van der Waals surface area contributed by atoms with Gasteiger partial charge >= 0.3 is 5.97 Å². The van der Waals surface area contributed by atoms with Crippen molar-refractivity contribution in [2.45, 2.75) is 13.8 Å². The second-order valence-electron chi connectivity index (χ2n) is 5.28. The van der Waals surface area contributed by atoms with Gasteiger partial charge < -0.3 is 4.74 Å². The van der Waals surface area contributed by atoms with Crippen LogP contribution in [0.2, 0.25) is 0 Å². The number of nitrogens with one attached hydrogen (secondary N) is 1. The topological polar surface area (TPSA) is 67.9 Å². The van der Waals surface area contributed by atoms with Crippen molar-refractivity contribution in [2.75, 3.05) is 6.61 Å². The molecular weight excluding hydrogens is 309 g/mol. The lowest BCUT2D eigenvalue weighted by Gasteiger charge is -2.05. The van der Waals surface area contributed by atoms with E-state index in [1.807, 2.05) is 30.3 Å². The second kappa shape index (κ2) is 6.62. The highest BCUT2D eigenvalue weighted by molar-refractivity contribution is 5.94. The smallest absolute Gasteiger partial charge is 0.361 e. The van der Waals surface area contributed by atoms with E-state index in [1.54, 1.807) is 19.9 Å². The maximum absolute atomic E-state index is 13.7. The molecule has 0 amide bonds. The summed E-state index contributed by atoms with van der Waals surface area (Å²) in [5.41, 5.74) is 3.57. The van der Waals surface area contributed by atoms with E-state index in [0.717, 1.165) is 16.7 Å². The lowest BCUT2D eigenvalue weighted by atomic mass is 10.0. The first-order valence-electron chi connectivity index (χ1n) is 7.55. The van der Waals surface area contributed by atoms with E-state index < -0.39 is 5.97 Å². The Morgan fingerprint density at radius 3 is 2.42 bits per heavy atom. The van der Waals surface area contributed by atoms with Crippen LogP contribution in [-0.4, -0.2) is 28.0 Å². The zero-order chi connectivity index (χ0) is 17.1. The first-order chi connectivity index (χ1) is 11.6. The third-order valence-corrected chi connectivity index (χ3v) is 3.68. The summed E-state index contributed by atoms with van der Waals surface area (Å²) in [4.78, 5) is 11.9. The van der Waals surface area contributed by atoms with E-state index in [1.165, 1.54) is 6.07 Å². The quantitative estimate of drug-likeness (QED) is 0.742. The van der Waals surface area contributed by atoms with Crippen LogP contribution in [0.5, 0.6) is 0 Å². The van der Waals surface area contributed by atoms with Gasteiger partial charge in [0.15, 0.2) is 5.69 Å². The number of aromatic amines is 1. The molecule has 3 rings (SSSR count). The van der Waals surface area contributed by atoms with Crippen LogP contribution in [0.3, 0.4) is 0 Å². The Morgan fingerprint density at radius 2 is 1.75 bits per heavy atom. The van der Waals surface area contributed by atoms with Crippen LogP contribution in [0.1, 0.15) is 23.0 Å². The molecule has 1 N–H and O–H groups in total. The summed E-state index contributed by atoms with van der Waals surface area (Å²) >= 11 is 0. The predicted octanol–water partition coefficient (Wildman–Crippen LogP) is 3.76. The minimum Gasteiger partial charge on any atom is -0.461 e. The molecule has 5 nitrogen and oxygen atoms in total. The van der Waals surface area contributed by atoms with Gasteiger partial charge in [-0.1, -0.05) is 36.4 Å². The van der Waals surface area contributed by atoms with Crippen LogP contribution in [0.25, 0.3) is 22.4 Å². The number of benzene rings is 2. The molecule has 0 aliphatic rings. The highest BCUT2D eigenvalue weighted by Gasteiger charge is 2.18. The van der Waals surface area contributed by atoms with E-state index >= 15 is 0 Å². The summed E-state index contributed by atoms with van der Waals surface area (Å²) in [5.74, 6) is -0.761. The number of nitrogens with zero attached hydrogens (tertiary/aromatic N) is 2. The van der Waals surface area contributed by atoms with Gasteiger partial charge in [0.2, 0.25) is 0 Å². The minimum absolute atomic E-state index is 0.144. The molecule has 2 aromatic carbocycles. The molecule has 0 aliphatic heterocycles. The molecule has 24 heavy (non-hydrogen) atoms. The van der Waals surface area contributed by atoms with Crippen LogP contribution < -0.4 is 0 Å². The third kappa shape index (κ3) is 3.03. The SMILES string of the molecule is CCOC(=O)c1n[nH]nc1-c1ccc(-c2ccc(C)c(F)c2)cc1. The molecular formula is C18H16FN3O2. The van der Waals surface area contributed by atoms with Gasteiger partial charge in [0.05, 0.1) is 6.61 Å². The fourth-order valence-electron chi connectivity index (χ4n) is 2.37. The number of hydrogen-bond donors (Lipinski definition) is 1. The van der Waals surface area contributed by atoms with Crippen molar-refractivity contribution in [3.63, 3.8) is 0 Å². The molecule has 0 bridgehead atoms. The largest absolute Gasteiger partial charge is 0.461 e. The van der Waals surface area contributed by atoms with Crippen molar-refractivity contribution in [3.05, 3.63) is 59.5 Å². The molecule has 0 spiro atoms. The van der Waals surface area contributed by atoms with Gasteiger partial charge in [0.1, 0.15) is 11.5 Å². The van der Waals surface area contributed by atoms with Crippen molar-refractivity contribution < 1.29 is 13.9 Å². The number of rotatable bonds is 4. The fourth-order valence-corrected chi connectivity index (χ4v) is 2.37. The van der Waals surface area contributed by atoms with Gasteiger partial charge in [-0.2, -0.15) is 10.3 Å². The van der Waals surface area contributed by atoms with E-state index in [2.05, 4.69) is 15.4 Å². The van der Waals surface area contributed by atoms with Crippen molar-refractivity contribution in [1.82, 2.24) is 15.4 Å². The van der Waals surface area contributed by atoms with Gasteiger partial charge in [-0.3, -0.25) is 0 Å². The zero-order valence-corrected chi connectivity index (χ0v) is 13.3. The number of aryl methyl sites for hydroxylation is 1. The summed E-state index contributed by atoms with van der Waals surface area (Å²) in [6.07, 6.45) is 0. The van der Waals surface area contributed by atoms with Crippen LogP contribution >= 0.6 is 0 Å². The monoisotopic (exact) mass is 325 g/mol. The zero-order valence-electron chi connectivity index (χ0n) is 13.3. The number of H-pyrrole nitrogens is 1. The average Bonchev–Trinajstić information content (AvgIpc) is 3.07. The van der Waals surface area contributed by atoms with E-state index in [-0.39, 0.29) is 18.1 Å². The molecule has 1 aromatic heterocycles. The number of aromatic nitrogens is 3. The number of hydrogen-bond acceptors (Lipinski definition) is 4. The number of halogens is 1. The number of carbonyl (C=O) groups is 1. The minimum atomic E-state index is -0.522. The molecule has 1 heterocycles. The summed E-state index contributed by atoms with van der Waals surface area (Å²) < 4.78 is 18.7. The molecule has 0 fully saturated rings. The molecule has 3 aromatic rings. The number of esters is 1. The predicted molar refractivity (Wildman–Crippen MR) is 87.9 cm³/mol. The lowest BCUT2D eigenvalue weighted by molar-refractivity contribution is 0.0520. The first kappa shape index (κ1) is 15.9. The van der Waals surface area contributed by atoms with Crippen LogP contribution in [-0.2, 0) is 4.74 Å². The van der Waals surface area contributed by atoms with Crippen LogP contribution in [0.4, 0.5) is 4.39 Å². The lowest BCUT2D eigenvalue weighted by Crippen LogP contribution is -2.06. The Kier molecular flexibility index (Phi) is 4.37. The summed E-state index contributed by atoms with van der Waals surface area (Å²) in [6, 6.07) is 12.4. The van der Waals surface area contributed by atoms with Gasteiger partial charge in [0.25, 0.3) is 0 Å².